The highest BCUT2D eigenvalue weighted by molar-refractivity contribution is 5.97. The number of carbonyl (C=O) groups is 2. The molecule has 0 aliphatic rings. The SMILES string of the molecule is CCOC(=O)c1ccc(C(N)=O)nc1-c1nn(-c2ccccc2)c(=O)n1C. The zero-order valence-electron chi connectivity index (χ0n) is 14.7. The minimum atomic E-state index is -0.765. The van der Waals surface area contributed by atoms with Gasteiger partial charge in [0, 0.05) is 7.05 Å². The van der Waals surface area contributed by atoms with E-state index >= 15 is 0 Å². The number of pyridine rings is 1. The summed E-state index contributed by atoms with van der Waals surface area (Å²) < 4.78 is 7.46. The Morgan fingerprint density at radius 2 is 1.85 bits per heavy atom. The average molecular weight is 367 g/mol. The summed E-state index contributed by atoms with van der Waals surface area (Å²) in [5.74, 6) is -1.30. The molecule has 0 atom stereocenters. The van der Waals surface area contributed by atoms with Crippen molar-refractivity contribution >= 4 is 11.9 Å². The molecule has 0 aliphatic heterocycles. The number of carbonyl (C=O) groups excluding carboxylic acids is 2. The number of hydrogen-bond donors (Lipinski definition) is 1. The highest BCUT2D eigenvalue weighted by Gasteiger charge is 2.23. The number of amides is 1. The third-order valence-electron chi connectivity index (χ3n) is 3.84. The molecule has 1 aromatic carbocycles. The summed E-state index contributed by atoms with van der Waals surface area (Å²) in [4.78, 5) is 40.6. The van der Waals surface area contributed by atoms with Crippen LogP contribution in [0.15, 0.2) is 47.3 Å². The number of benzene rings is 1. The second kappa shape index (κ2) is 7.24. The van der Waals surface area contributed by atoms with Crippen LogP contribution in [0.3, 0.4) is 0 Å². The molecule has 27 heavy (non-hydrogen) atoms. The second-order valence-corrected chi connectivity index (χ2v) is 5.59. The van der Waals surface area contributed by atoms with Crippen LogP contribution in [0, 0.1) is 0 Å². The number of ether oxygens (including phenoxy) is 1. The van der Waals surface area contributed by atoms with Crippen molar-refractivity contribution in [2.45, 2.75) is 6.92 Å². The Hall–Kier alpha value is -3.75. The largest absolute Gasteiger partial charge is 0.462 e. The summed E-state index contributed by atoms with van der Waals surface area (Å²) in [6, 6.07) is 11.5. The Morgan fingerprint density at radius 3 is 2.48 bits per heavy atom. The Morgan fingerprint density at radius 1 is 1.15 bits per heavy atom. The Labute approximate surface area is 154 Å². The molecule has 2 N–H and O–H groups in total. The standard InChI is InChI=1S/C18H17N5O4/c1-3-27-17(25)12-9-10-13(15(19)24)20-14(12)16-21-23(18(26)22(16)2)11-7-5-4-6-8-11/h4-10H,3H2,1-2H3,(H2,19,24). The van der Waals surface area contributed by atoms with Crippen LogP contribution in [0.25, 0.3) is 17.2 Å². The first-order valence-electron chi connectivity index (χ1n) is 8.13. The van der Waals surface area contributed by atoms with E-state index in [1.807, 2.05) is 6.07 Å². The number of nitrogens with zero attached hydrogens (tertiary/aromatic N) is 4. The fourth-order valence-electron chi connectivity index (χ4n) is 2.52. The van der Waals surface area contributed by atoms with Gasteiger partial charge in [-0.15, -0.1) is 5.10 Å². The predicted molar refractivity (Wildman–Crippen MR) is 96.5 cm³/mol. The zero-order chi connectivity index (χ0) is 19.6. The van der Waals surface area contributed by atoms with E-state index in [2.05, 4.69) is 10.1 Å². The van der Waals surface area contributed by atoms with Crippen LogP contribution in [0.2, 0.25) is 0 Å². The Bertz CT molecular complexity index is 1070. The van der Waals surface area contributed by atoms with Gasteiger partial charge in [-0.3, -0.25) is 9.36 Å². The molecule has 2 aromatic heterocycles. The normalized spacial score (nSPS) is 10.6. The summed E-state index contributed by atoms with van der Waals surface area (Å²) in [7, 11) is 1.50. The van der Waals surface area contributed by atoms with Crippen molar-refractivity contribution in [3.8, 4) is 17.2 Å². The number of nitrogens with two attached hydrogens (primary N) is 1. The molecule has 0 aliphatic carbocycles. The maximum atomic E-state index is 12.6. The molecule has 9 nitrogen and oxygen atoms in total. The lowest BCUT2D eigenvalue weighted by Gasteiger charge is -2.08. The van der Waals surface area contributed by atoms with Gasteiger partial charge in [0.05, 0.1) is 17.9 Å². The second-order valence-electron chi connectivity index (χ2n) is 5.59. The third-order valence-corrected chi connectivity index (χ3v) is 3.84. The maximum Gasteiger partial charge on any atom is 0.350 e. The van der Waals surface area contributed by atoms with Crippen molar-refractivity contribution in [2.24, 2.45) is 12.8 Å². The molecular formula is C18H17N5O4. The first-order valence-corrected chi connectivity index (χ1v) is 8.13. The van der Waals surface area contributed by atoms with Gasteiger partial charge in [0.25, 0.3) is 5.91 Å². The molecule has 0 spiro atoms. The van der Waals surface area contributed by atoms with Crippen molar-refractivity contribution in [1.82, 2.24) is 19.3 Å². The number of primary amides is 1. The smallest absolute Gasteiger partial charge is 0.350 e. The van der Waals surface area contributed by atoms with Crippen LogP contribution in [-0.2, 0) is 11.8 Å². The highest BCUT2D eigenvalue weighted by Crippen LogP contribution is 2.21. The van der Waals surface area contributed by atoms with Crippen molar-refractivity contribution < 1.29 is 14.3 Å². The van der Waals surface area contributed by atoms with Gasteiger partial charge < -0.3 is 10.5 Å². The van der Waals surface area contributed by atoms with Crippen LogP contribution in [0.4, 0.5) is 0 Å². The molecule has 2 heterocycles. The molecule has 0 bridgehead atoms. The van der Waals surface area contributed by atoms with Crippen LogP contribution < -0.4 is 11.4 Å². The predicted octanol–water partition coefficient (Wildman–Crippen LogP) is 0.909. The van der Waals surface area contributed by atoms with E-state index in [1.54, 1.807) is 31.2 Å². The van der Waals surface area contributed by atoms with Gasteiger partial charge >= 0.3 is 11.7 Å². The van der Waals surface area contributed by atoms with Gasteiger partial charge in [0.1, 0.15) is 11.4 Å². The molecule has 0 radical (unpaired) electrons. The van der Waals surface area contributed by atoms with Crippen LogP contribution in [0.1, 0.15) is 27.8 Å². The molecule has 3 aromatic rings. The lowest BCUT2D eigenvalue weighted by Crippen LogP contribution is -2.22. The molecule has 0 saturated carbocycles. The number of rotatable bonds is 5. The zero-order valence-corrected chi connectivity index (χ0v) is 14.7. The van der Waals surface area contributed by atoms with E-state index in [-0.39, 0.29) is 29.4 Å². The summed E-state index contributed by atoms with van der Waals surface area (Å²) in [6.07, 6.45) is 0. The summed E-state index contributed by atoms with van der Waals surface area (Å²) in [5, 5.41) is 4.30. The average Bonchev–Trinajstić information content (AvgIpc) is 2.97. The van der Waals surface area contributed by atoms with E-state index < -0.39 is 17.6 Å². The number of esters is 1. The molecule has 0 unspecified atom stereocenters. The van der Waals surface area contributed by atoms with E-state index in [9.17, 15) is 14.4 Å². The molecule has 138 valence electrons. The van der Waals surface area contributed by atoms with Gasteiger partial charge in [0.15, 0.2) is 5.82 Å². The molecule has 0 fully saturated rings. The van der Waals surface area contributed by atoms with E-state index in [0.29, 0.717) is 5.69 Å². The number of hydrogen-bond acceptors (Lipinski definition) is 6. The maximum absolute atomic E-state index is 12.6. The molecule has 3 rings (SSSR count). The minimum Gasteiger partial charge on any atom is -0.462 e. The fourth-order valence-corrected chi connectivity index (χ4v) is 2.52. The topological polar surface area (TPSA) is 122 Å². The van der Waals surface area contributed by atoms with E-state index in [1.165, 1.54) is 28.4 Å². The monoisotopic (exact) mass is 367 g/mol. The van der Waals surface area contributed by atoms with Crippen LogP contribution in [-0.4, -0.2) is 37.8 Å². The molecule has 1 amide bonds. The molecular weight excluding hydrogens is 350 g/mol. The van der Waals surface area contributed by atoms with Gasteiger partial charge in [-0.2, -0.15) is 4.68 Å². The minimum absolute atomic E-state index is 0.0408. The van der Waals surface area contributed by atoms with Crippen LogP contribution in [0.5, 0.6) is 0 Å². The lowest BCUT2D eigenvalue weighted by molar-refractivity contribution is 0.0526. The third kappa shape index (κ3) is 3.34. The highest BCUT2D eigenvalue weighted by atomic mass is 16.5. The van der Waals surface area contributed by atoms with Crippen molar-refractivity contribution in [3.05, 3.63) is 64.2 Å². The van der Waals surface area contributed by atoms with Crippen LogP contribution >= 0.6 is 0 Å². The summed E-state index contributed by atoms with van der Waals surface area (Å²) >= 11 is 0. The first-order chi connectivity index (χ1) is 12.9. The van der Waals surface area contributed by atoms with Gasteiger partial charge in [-0.1, -0.05) is 18.2 Å². The quantitative estimate of drug-likeness (QED) is 0.669. The fraction of sp³-hybridized carbons (Fsp3) is 0.167. The molecule has 9 heteroatoms. The van der Waals surface area contributed by atoms with Crippen molar-refractivity contribution in [1.29, 1.82) is 0 Å². The van der Waals surface area contributed by atoms with Crippen molar-refractivity contribution in [2.75, 3.05) is 6.61 Å². The Balaban J connectivity index is 2.24. The van der Waals surface area contributed by atoms with Crippen molar-refractivity contribution in [3.63, 3.8) is 0 Å². The number of para-hydroxylation sites is 1. The lowest BCUT2D eigenvalue weighted by atomic mass is 10.1. The van der Waals surface area contributed by atoms with Gasteiger partial charge in [-0.05, 0) is 31.2 Å². The van der Waals surface area contributed by atoms with E-state index in [0.717, 1.165) is 0 Å². The molecule has 0 saturated heterocycles. The van der Waals surface area contributed by atoms with Gasteiger partial charge in [0.2, 0.25) is 0 Å². The summed E-state index contributed by atoms with van der Waals surface area (Å²) in [5.41, 5.74) is 5.48. The summed E-state index contributed by atoms with van der Waals surface area (Å²) in [6.45, 7) is 1.83. The number of aromatic nitrogens is 4. The van der Waals surface area contributed by atoms with E-state index in [4.69, 9.17) is 10.5 Å². The Kier molecular flexibility index (Phi) is 4.84. The first kappa shape index (κ1) is 18.1. The van der Waals surface area contributed by atoms with Gasteiger partial charge in [-0.25, -0.2) is 14.6 Å².